The average molecular weight is 459 g/mol. The summed E-state index contributed by atoms with van der Waals surface area (Å²) in [6.07, 6.45) is 7.07. The van der Waals surface area contributed by atoms with Crippen molar-refractivity contribution >= 4 is 15.7 Å². The Balaban J connectivity index is 1.35. The maximum Gasteiger partial charge on any atom is 0.155 e. The van der Waals surface area contributed by atoms with Crippen LogP contribution >= 0.6 is 0 Å². The molecule has 4 rings (SSSR count). The number of aromatic nitrogens is 4. The van der Waals surface area contributed by atoms with E-state index in [1.54, 1.807) is 42.3 Å². The van der Waals surface area contributed by atoms with Crippen LogP contribution in [-0.2, 0) is 22.9 Å². The van der Waals surface area contributed by atoms with Gasteiger partial charge in [-0.05, 0) is 24.3 Å². The molecule has 0 N–H and O–H groups in total. The highest BCUT2D eigenvalue weighted by Gasteiger charge is 2.22. The number of sulfone groups is 1. The third kappa shape index (κ3) is 5.49. The molecular weight excluding hydrogens is 431 g/mol. The Morgan fingerprint density at radius 1 is 1.03 bits per heavy atom. The van der Waals surface area contributed by atoms with Crippen molar-refractivity contribution in [3.63, 3.8) is 0 Å². The second-order valence-corrected chi connectivity index (χ2v) is 10.3. The number of halogens is 1. The van der Waals surface area contributed by atoms with Crippen LogP contribution in [0.15, 0.2) is 49.1 Å². The number of benzene rings is 1. The summed E-state index contributed by atoms with van der Waals surface area (Å²) in [5.41, 5.74) is 2.66. The van der Waals surface area contributed by atoms with Crippen molar-refractivity contribution in [2.24, 2.45) is 0 Å². The summed E-state index contributed by atoms with van der Waals surface area (Å²) in [7, 11) is -3.00. The molecule has 2 aromatic heterocycles. The van der Waals surface area contributed by atoms with Crippen molar-refractivity contribution in [1.29, 1.82) is 0 Å². The Morgan fingerprint density at radius 3 is 2.47 bits per heavy atom. The first-order valence-corrected chi connectivity index (χ1v) is 12.5. The maximum absolute atomic E-state index is 13.3. The van der Waals surface area contributed by atoms with Gasteiger partial charge in [0, 0.05) is 68.2 Å². The molecule has 3 aromatic rings. The van der Waals surface area contributed by atoms with Crippen LogP contribution in [0.2, 0.25) is 0 Å². The highest BCUT2D eigenvalue weighted by molar-refractivity contribution is 7.91. The van der Waals surface area contributed by atoms with E-state index < -0.39 is 9.84 Å². The Morgan fingerprint density at radius 2 is 1.75 bits per heavy atom. The Labute approximate surface area is 187 Å². The topological polar surface area (TPSA) is 84.2 Å². The highest BCUT2D eigenvalue weighted by atomic mass is 32.2. The minimum absolute atomic E-state index is 0.109. The van der Waals surface area contributed by atoms with E-state index in [-0.39, 0.29) is 17.3 Å². The van der Waals surface area contributed by atoms with E-state index in [0.717, 1.165) is 55.4 Å². The number of nitrogens with zero attached hydrogens (tertiary/aromatic N) is 6. The zero-order valence-corrected chi connectivity index (χ0v) is 18.9. The quantitative estimate of drug-likeness (QED) is 0.512. The molecule has 1 aromatic carbocycles. The van der Waals surface area contributed by atoms with E-state index in [0.29, 0.717) is 6.54 Å². The van der Waals surface area contributed by atoms with Gasteiger partial charge in [0.15, 0.2) is 15.7 Å². The largest absolute Gasteiger partial charge is 0.352 e. The molecule has 32 heavy (non-hydrogen) atoms. The van der Waals surface area contributed by atoms with Crippen LogP contribution in [0.4, 0.5) is 10.2 Å². The molecule has 0 radical (unpaired) electrons. The van der Waals surface area contributed by atoms with Gasteiger partial charge in [0.2, 0.25) is 0 Å². The molecule has 3 heterocycles. The van der Waals surface area contributed by atoms with Crippen molar-refractivity contribution in [1.82, 2.24) is 24.6 Å². The lowest BCUT2D eigenvalue weighted by Gasteiger charge is -2.35. The Bertz CT molecular complexity index is 1140. The van der Waals surface area contributed by atoms with Gasteiger partial charge in [-0.1, -0.05) is 6.92 Å². The van der Waals surface area contributed by atoms with Gasteiger partial charge >= 0.3 is 0 Å². The molecule has 0 amide bonds. The lowest BCUT2D eigenvalue weighted by molar-refractivity contribution is 0.249. The first-order valence-electron chi connectivity index (χ1n) is 10.7. The number of hydrogen-bond acceptors (Lipinski definition) is 7. The van der Waals surface area contributed by atoms with Crippen molar-refractivity contribution in [3.8, 4) is 11.3 Å². The predicted molar refractivity (Wildman–Crippen MR) is 121 cm³/mol. The lowest BCUT2D eigenvalue weighted by Crippen LogP contribution is -2.46. The van der Waals surface area contributed by atoms with E-state index in [2.05, 4.69) is 24.9 Å². The summed E-state index contributed by atoms with van der Waals surface area (Å²) in [4.78, 5) is 13.6. The van der Waals surface area contributed by atoms with E-state index in [4.69, 9.17) is 0 Å². The monoisotopic (exact) mass is 458 g/mol. The normalized spacial score (nSPS) is 15.2. The third-order valence-electron chi connectivity index (χ3n) is 5.63. The minimum Gasteiger partial charge on any atom is -0.352 e. The van der Waals surface area contributed by atoms with Gasteiger partial charge in [-0.15, -0.1) is 0 Å². The third-order valence-corrected chi connectivity index (χ3v) is 7.32. The summed E-state index contributed by atoms with van der Waals surface area (Å²) >= 11 is 0. The second-order valence-electron chi connectivity index (χ2n) is 7.85. The summed E-state index contributed by atoms with van der Waals surface area (Å²) in [6.45, 7) is 6.12. The van der Waals surface area contributed by atoms with Gasteiger partial charge in [-0.2, -0.15) is 5.10 Å². The second kappa shape index (κ2) is 9.74. The van der Waals surface area contributed by atoms with Crippen molar-refractivity contribution in [3.05, 3.63) is 60.4 Å². The fourth-order valence-electron chi connectivity index (χ4n) is 3.74. The number of anilines is 1. The first kappa shape index (κ1) is 22.3. The SMILES string of the molecule is CCS(=O)(=O)CCn1cc(CN2CCN(c3nccnc3-c3ccc(F)cc3)CC2)cn1. The van der Waals surface area contributed by atoms with E-state index in [1.165, 1.54) is 12.1 Å². The van der Waals surface area contributed by atoms with Gasteiger partial charge in [-0.3, -0.25) is 14.6 Å². The molecule has 1 aliphatic heterocycles. The van der Waals surface area contributed by atoms with Gasteiger partial charge in [0.05, 0.1) is 18.5 Å². The minimum atomic E-state index is -3.00. The lowest BCUT2D eigenvalue weighted by atomic mass is 10.1. The van der Waals surface area contributed by atoms with Crippen LogP contribution in [0.25, 0.3) is 11.3 Å². The summed E-state index contributed by atoms with van der Waals surface area (Å²) in [5.74, 6) is 0.796. The fourth-order valence-corrected chi connectivity index (χ4v) is 4.49. The van der Waals surface area contributed by atoms with Gasteiger partial charge < -0.3 is 4.90 Å². The molecular formula is C22H27FN6O2S. The van der Waals surface area contributed by atoms with Crippen LogP contribution in [0.5, 0.6) is 0 Å². The van der Waals surface area contributed by atoms with Crippen molar-refractivity contribution in [2.45, 2.75) is 20.0 Å². The number of piperazine rings is 1. The van der Waals surface area contributed by atoms with Crippen LogP contribution in [0.1, 0.15) is 12.5 Å². The average Bonchev–Trinajstić information content (AvgIpc) is 3.26. The zero-order chi connectivity index (χ0) is 22.6. The smallest absolute Gasteiger partial charge is 0.155 e. The molecule has 0 aliphatic carbocycles. The van der Waals surface area contributed by atoms with Crippen LogP contribution < -0.4 is 4.90 Å². The highest BCUT2D eigenvalue weighted by Crippen LogP contribution is 2.27. The standard InChI is InChI=1S/C22H27FN6O2S/c1-2-32(30,31)14-13-29-17-18(15-26-29)16-27-9-11-28(12-10-27)22-21(24-7-8-25-22)19-3-5-20(23)6-4-19/h3-8,15,17H,2,9-14,16H2,1H3. The molecule has 170 valence electrons. The number of aryl methyl sites for hydroxylation is 1. The molecule has 0 atom stereocenters. The maximum atomic E-state index is 13.3. The molecule has 1 saturated heterocycles. The van der Waals surface area contributed by atoms with E-state index >= 15 is 0 Å². The molecule has 1 aliphatic rings. The summed E-state index contributed by atoms with van der Waals surface area (Å²) in [6, 6.07) is 6.32. The van der Waals surface area contributed by atoms with Crippen LogP contribution in [-0.4, -0.2) is 70.8 Å². The fraction of sp³-hybridized carbons (Fsp3) is 0.409. The molecule has 0 saturated carbocycles. The van der Waals surface area contributed by atoms with E-state index in [1.807, 2.05) is 6.20 Å². The predicted octanol–water partition coefficient (Wildman–Crippen LogP) is 2.24. The molecule has 1 fully saturated rings. The first-order chi connectivity index (χ1) is 15.4. The van der Waals surface area contributed by atoms with Gasteiger partial charge in [0.1, 0.15) is 11.5 Å². The van der Waals surface area contributed by atoms with Crippen molar-refractivity contribution in [2.75, 3.05) is 42.6 Å². The molecule has 0 unspecified atom stereocenters. The molecule has 10 heteroatoms. The van der Waals surface area contributed by atoms with E-state index in [9.17, 15) is 12.8 Å². The molecule has 0 spiro atoms. The molecule has 0 bridgehead atoms. The van der Waals surface area contributed by atoms with Crippen molar-refractivity contribution < 1.29 is 12.8 Å². The van der Waals surface area contributed by atoms with Crippen LogP contribution in [0.3, 0.4) is 0 Å². The summed E-state index contributed by atoms with van der Waals surface area (Å²) < 4.78 is 38.4. The van der Waals surface area contributed by atoms with Gasteiger partial charge in [-0.25, -0.2) is 17.8 Å². The van der Waals surface area contributed by atoms with Crippen LogP contribution in [0, 0.1) is 5.82 Å². The Kier molecular flexibility index (Phi) is 6.80. The molecule has 8 nitrogen and oxygen atoms in total. The number of rotatable bonds is 8. The number of hydrogen-bond donors (Lipinski definition) is 0. The zero-order valence-electron chi connectivity index (χ0n) is 18.1. The summed E-state index contributed by atoms with van der Waals surface area (Å²) in [5, 5.41) is 4.30. The Hall–Kier alpha value is -2.85. The van der Waals surface area contributed by atoms with Gasteiger partial charge in [0.25, 0.3) is 0 Å².